The van der Waals surface area contributed by atoms with Crippen molar-refractivity contribution in [1.82, 2.24) is 4.98 Å². The molecule has 1 saturated carbocycles. The molecule has 1 aliphatic heterocycles. The monoisotopic (exact) mass is 416 g/mol. The Morgan fingerprint density at radius 2 is 1.93 bits per heavy atom. The summed E-state index contributed by atoms with van der Waals surface area (Å²) in [5.41, 5.74) is 5.87. The van der Waals surface area contributed by atoms with Gasteiger partial charge in [0.05, 0.1) is 16.5 Å². The lowest BCUT2D eigenvalue weighted by Crippen LogP contribution is -2.32. The first-order valence-electron chi connectivity index (χ1n) is 9.44. The third-order valence-electron chi connectivity index (χ3n) is 5.67. The Morgan fingerprint density at radius 1 is 1.27 bits per heavy atom. The molecule has 2 heterocycles. The van der Waals surface area contributed by atoms with E-state index in [9.17, 15) is 22.8 Å². The number of Topliss-reactive ketones (excluding diaryl/α,β-unsaturated/α-hetero) is 1. The van der Waals surface area contributed by atoms with Gasteiger partial charge in [0, 0.05) is 30.1 Å². The molecule has 9 heteroatoms. The summed E-state index contributed by atoms with van der Waals surface area (Å²) in [6, 6.07) is 4.06. The van der Waals surface area contributed by atoms with Crippen LogP contribution in [0, 0.1) is 5.41 Å². The van der Waals surface area contributed by atoms with Gasteiger partial charge in [-0.15, -0.1) is 0 Å². The normalized spacial score (nSPS) is 19.3. The van der Waals surface area contributed by atoms with Crippen molar-refractivity contribution in [2.24, 2.45) is 16.1 Å². The highest BCUT2D eigenvalue weighted by Crippen LogP contribution is 2.45. The maximum atomic E-state index is 12.9. The largest absolute Gasteiger partial charge is 0.416 e. The Labute approximate surface area is 170 Å². The molecule has 156 valence electrons. The SMILES string of the molecule is CC1N=Cc2c(-c3ccc(C(F)(F)F)cc3)cnc(NCC3(C(N)=O)CC3)c2C1=O. The van der Waals surface area contributed by atoms with Gasteiger partial charge in [-0.2, -0.15) is 13.2 Å². The van der Waals surface area contributed by atoms with E-state index in [-0.39, 0.29) is 12.3 Å². The number of anilines is 1. The van der Waals surface area contributed by atoms with Gasteiger partial charge in [-0.25, -0.2) is 4.98 Å². The molecule has 4 rings (SSSR count). The lowest BCUT2D eigenvalue weighted by molar-refractivity contribution is -0.137. The van der Waals surface area contributed by atoms with E-state index in [0.29, 0.717) is 40.9 Å². The van der Waals surface area contributed by atoms with Gasteiger partial charge in [0.25, 0.3) is 0 Å². The second-order valence-corrected chi connectivity index (χ2v) is 7.70. The molecule has 1 amide bonds. The highest BCUT2D eigenvalue weighted by molar-refractivity contribution is 6.15. The zero-order chi connectivity index (χ0) is 21.7. The van der Waals surface area contributed by atoms with Gasteiger partial charge in [0.2, 0.25) is 5.91 Å². The van der Waals surface area contributed by atoms with E-state index in [2.05, 4.69) is 15.3 Å². The molecule has 0 radical (unpaired) electrons. The summed E-state index contributed by atoms with van der Waals surface area (Å²) in [7, 11) is 0. The number of nitrogens with zero attached hydrogens (tertiary/aromatic N) is 2. The summed E-state index contributed by atoms with van der Waals surface area (Å²) in [5.74, 6) is -0.331. The van der Waals surface area contributed by atoms with Crippen LogP contribution in [-0.4, -0.2) is 35.5 Å². The van der Waals surface area contributed by atoms with Crippen LogP contribution in [0.2, 0.25) is 0 Å². The summed E-state index contributed by atoms with van der Waals surface area (Å²) < 4.78 is 38.6. The number of hydrogen-bond acceptors (Lipinski definition) is 5. The van der Waals surface area contributed by atoms with E-state index in [1.807, 2.05) is 0 Å². The first-order valence-corrected chi connectivity index (χ1v) is 9.44. The first-order chi connectivity index (χ1) is 14.1. The van der Waals surface area contributed by atoms with E-state index in [1.54, 1.807) is 13.1 Å². The predicted octanol–water partition coefficient (Wildman–Crippen LogP) is 3.45. The number of nitrogens with one attached hydrogen (secondary N) is 1. The third kappa shape index (κ3) is 3.44. The van der Waals surface area contributed by atoms with Crippen molar-refractivity contribution < 1.29 is 22.8 Å². The molecule has 1 aromatic heterocycles. The van der Waals surface area contributed by atoms with Crippen LogP contribution in [0.15, 0.2) is 35.5 Å². The zero-order valence-corrected chi connectivity index (χ0v) is 16.1. The zero-order valence-electron chi connectivity index (χ0n) is 16.1. The highest BCUT2D eigenvalue weighted by Gasteiger charge is 2.48. The lowest BCUT2D eigenvalue weighted by atomic mass is 9.91. The van der Waals surface area contributed by atoms with Gasteiger partial charge in [0.15, 0.2) is 5.78 Å². The second-order valence-electron chi connectivity index (χ2n) is 7.70. The van der Waals surface area contributed by atoms with Crippen molar-refractivity contribution in [3.8, 4) is 11.1 Å². The molecule has 1 fully saturated rings. The van der Waals surface area contributed by atoms with Gasteiger partial charge in [0.1, 0.15) is 11.9 Å². The number of hydrogen-bond donors (Lipinski definition) is 2. The maximum Gasteiger partial charge on any atom is 0.416 e. The molecule has 3 N–H and O–H groups in total. The molecule has 2 aromatic rings. The number of benzene rings is 1. The predicted molar refractivity (Wildman–Crippen MR) is 105 cm³/mol. The Morgan fingerprint density at radius 3 is 2.50 bits per heavy atom. The number of pyridine rings is 1. The maximum absolute atomic E-state index is 12.9. The highest BCUT2D eigenvalue weighted by atomic mass is 19.4. The van der Waals surface area contributed by atoms with E-state index in [1.165, 1.54) is 18.3 Å². The van der Waals surface area contributed by atoms with Crippen LogP contribution in [0.3, 0.4) is 0 Å². The molecular formula is C21H19F3N4O2. The number of primary amides is 1. The van der Waals surface area contributed by atoms with Gasteiger partial charge >= 0.3 is 6.18 Å². The fraction of sp³-hybridized carbons (Fsp3) is 0.333. The molecule has 6 nitrogen and oxygen atoms in total. The van der Waals surface area contributed by atoms with Crippen LogP contribution < -0.4 is 11.1 Å². The lowest BCUT2D eigenvalue weighted by Gasteiger charge is -2.22. The van der Waals surface area contributed by atoms with Crippen LogP contribution in [0.25, 0.3) is 11.1 Å². The number of aromatic nitrogens is 1. The number of carbonyl (C=O) groups is 2. The van der Waals surface area contributed by atoms with Crippen molar-refractivity contribution in [2.45, 2.75) is 32.0 Å². The Hall–Kier alpha value is -3.23. The van der Waals surface area contributed by atoms with Gasteiger partial charge < -0.3 is 11.1 Å². The Bertz CT molecular complexity index is 1060. The van der Waals surface area contributed by atoms with Gasteiger partial charge in [-0.1, -0.05) is 12.1 Å². The molecule has 2 aliphatic rings. The third-order valence-corrected chi connectivity index (χ3v) is 5.67. The summed E-state index contributed by atoms with van der Waals surface area (Å²) in [5, 5.41) is 3.07. The van der Waals surface area contributed by atoms with Crippen LogP contribution in [0.4, 0.5) is 19.0 Å². The summed E-state index contributed by atoms with van der Waals surface area (Å²) in [6.45, 7) is 1.92. The summed E-state index contributed by atoms with van der Waals surface area (Å²) >= 11 is 0. The summed E-state index contributed by atoms with van der Waals surface area (Å²) in [6.07, 6.45) is -0.0545. The molecule has 1 aromatic carbocycles. The molecule has 0 bridgehead atoms. The number of rotatable bonds is 5. The summed E-state index contributed by atoms with van der Waals surface area (Å²) in [4.78, 5) is 33.0. The van der Waals surface area contributed by atoms with Crippen LogP contribution in [-0.2, 0) is 11.0 Å². The van der Waals surface area contributed by atoms with Crippen molar-refractivity contribution in [2.75, 3.05) is 11.9 Å². The average molecular weight is 416 g/mol. The molecular weight excluding hydrogens is 397 g/mol. The van der Waals surface area contributed by atoms with E-state index < -0.39 is 29.1 Å². The van der Waals surface area contributed by atoms with E-state index >= 15 is 0 Å². The van der Waals surface area contributed by atoms with E-state index in [0.717, 1.165) is 12.1 Å². The number of alkyl halides is 3. The Kier molecular flexibility index (Phi) is 4.63. The smallest absolute Gasteiger partial charge is 0.369 e. The quantitative estimate of drug-likeness (QED) is 0.780. The van der Waals surface area contributed by atoms with Crippen molar-refractivity contribution >= 4 is 23.7 Å². The van der Waals surface area contributed by atoms with Crippen LogP contribution in [0.1, 0.15) is 41.3 Å². The fourth-order valence-electron chi connectivity index (χ4n) is 3.49. The minimum Gasteiger partial charge on any atom is -0.369 e. The number of ketones is 1. The standard InChI is InChI=1S/C21H19F3N4O2/c1-11-17(29)16-15(9-26-11)14(12-2-4-13(5-3-12)21(22,23)24)8-27-18(16)28-10-20(6-7-20)19(25)30/h2-5,8-9,11H,6-7,10H2,1H3,(H2,25,30)(H,27,28). The van der Waals surface area contributed by atoms with Crippen molar-refractivity contribution in [1.29, 1.82) is 0 Å². The van der Waals surface area contributed by atoms with Crippen LogP contribution in [0.5, 0.6) is 0 Å². The number of carbonyl (C=O) groups excluding carboxylic acids is 2. The van der Waals surface area contributed by atoms with Crippen molar-refractivity contribution in [3.05, 3.63) is 47.2 Å². The average Bonchev–Trinajstić information content (AvgIpc) is 3.50. The molecule has 30 heavy (non-hydrogen) atoms. The molecule has 0 saturated heterocycles. The fourth-order valence-corrected chi connectivity index (χ4v) is 3.49. The Balaban J connectivity index is 1.73. The molecule has 1 aliphatic carbocycles. The van der Waals surface area contributed by atoms with Gasteiger partial charge in [-0.3, -0.25) is 14.6 Å². The number of aliphatic imine (C=N–C) groups is 1. The minimum atomic E-state index is -4.43. The number of nitrogens with two attached hydrogens (primary N) is 1. The van der Waals surface area contributed by atoms with Crippen LogP contribution >= 0.6 is 0 Å². The van der Waals surface area contributed by atoms with E-state index in [4.69, 9.17) is 5.73 Å². The molecule has 0 spiro atoms. The molecule has 1 atom stereocenters. The van der Waals surface area contributed by atoms with Gasteiger partial charge in [-0.05, 0) is 37.5 Å². The number of fused-ring (bicyclic) bond motifs is 1. The van der Waals surface area contributed by atoms with Crippen molar-refractivity contribution in [3.63, 3.8) is 0 Å². The number of amides is 1. The second kappa shape index (κ2) is 6.93. The first kappa shape index (κ1) is 20.1. The molecule has 1 unspecified atom stereocenters. The topological polar surface area (TPSA) is 97.4 Å². The number of halogens is 3. The minimum absolute atomic E-state index is 0.250.